The van der Waals surface area contributed by atoms with Crippen LogP contribution in [0, 0.1) is 0 Å². The van der Waals surface area contributed by atoms with E-state index >= 15 is 0 Å². The van der Waals surface area contributed by atoms with Crippen molar-refractivity contribution in [2.24, 2.45) is 0 Å². The van der Waals surface area contributed by atoms with E-state index in [1.807, 2.05) is 0 Å². The van der Waals surface area contributed by atoms with Gasteiger partial charge in [-0.05, 0) is 0 Å². The zero-order valence-corrected chi connectivity index (χ0v) is 8.48. The van der Waals surface area contributed by atoms with Gasteiger partial charge in [-0.25, -0.2) is 0 Å². The molecule has 96 valence electrons. The van der Waals surface area contributed by atoms with Crippen LogP contribution in [0.2, 0.25) is 0 Å². The van der Waals surface area contributed by atoms with Crippen LogP contribution in [0.15, 0.2) is 0 Å². The van der Waals surface area contributed by atoms with Gasteiger partial charge in [0.1, 0.15) is 25.4 Å². The van der Waals surface area contributed by atoms with Crippen LogP contribution >= 0.6 is 0 Å². The van der Waals surface area contributed by atoms with Gasteiger partial charge in [-0.15, -0.1) is 0 Å². The summed E-state index contributed by atoms with van der Waals surface area (Å²) in [6.45, 7) is -2.69. The van der Waals surface area contributed by atoms with Gasteiger partial charge in [0.25, 0.3) is 0 Å². The largest absolute Gasteiger partial charge is 0.393 e. The van der Waals surface area contributed by atoms with Crippen molar-refractivity contribution in [2.45, 2.75) is 12.2 Å². The average Bonchev–Trinajstić information content (AvgIpc) is 2.35. The molecule has 0 rings (SSSR count). The molecule has 1 unspecified atom stereocenters. The summed E-state index contributed by atoms with van der Waals surface area (Å²) in [5.41, 5.74) is 0. The van der Waals surface area contributed by atoms with Crippen molar-refractivity contribution in [1.82, 2.24) is 0 Å². The maximum atomic E-state index is 10.1. The Morgan fingerprint density at radius 3 is 1.06 bits per heavy atom. The van der Waals surface area contributed by atoms with Crippen molar-refractivity contribution in [3.8, 4) is 0 Å². The molecule has 0 fully saturated rings. The fourth-order valence-corrected chi connectivity index (χ4v) is 0.414. The van der Waals surface area contributed by atoms with Gasteiger partial charge in [-0.3, -0.25) is 9.59 Å². The van der Waals surface area contributed by atoms with Gasteiger partial charge in [0.2, 0.25) is 0 Å². The molecule has 8 heteroatoms. The van der Waals surface area contributed by atoms with Crippen molar-refractivity contribution in [3.63, 3.8) is 0 Å². The molecule has 0 amide bonds. The lowest BCUT2D eigenvalue weighted by Gasteiger charge is -2.00. The first-order valence-corrected chi connectivity index (χ1v) is 4.29. The molecule has 0 radical (unpaired) electrons. The first-order chi connectivity index (χ1) is 7.44. The molecule has 8 nitrogen and oxygen atoms in total. The Bertz CT molecular complexity index is 182. The third-order valence-electron chi connectivity index (χ3n) is 1.40. The zero-order valence-electron chi connectivity index (χ0n) is 8.48. The second kappa shape index (κ2) is 10.6. The molecule has 6 N–H and O–H groups in total. The number of aliphatic hydroxyl groups excluding tert-OH is 6. The number of Topliss-reactive ketones (excluding diaryl/α,β-unsaturated/α-hetero) is 2. The van der Waals surface area contributed by atoms with Crippen LogP contribution in [0.3, 0.4) is 0 Å². The maximum Gasteiger partial charge on any atom is 0.188 e. The molecular formula is C8H16O8. The van der Waals surface area contributed by atoms with Crippen molar-refractivity contribution in [2.75, 3.05) is 26.4 Å². The molecule has 0 aliphatic heterocycles. The molecule has 0 spiro atoms. The molecule has 0 aromatic rings. The van der Waals surface area contributed by atoms with Gasteiger partial charge in [-0.1, -0.05) is 0 Å². The van der Waals surface area contributed by atoms with Crippen LogP contribution in [-0.4, -0.2) is 80.8 Å². The Hall–Kier alpha value is -0.900. The average molecular weight is 240 g/mol. The van der Waals surface area contributed by atoms with Crippen molar-refractivity contribution < 1.29 is 40.2 Å². The lowest BCUT2D eigenvalue weighted by atomic mass is 10.3. The summed E-state index contributed by atoms with van der Waals surface area (Å²) < 4.78 is 0. The van der Waals surface area contributed by atoms with Crippen LogP contribution in [0.1, 0.15) is 0 Å². The normalized spacial score (nSPS) is 13.4. The molecule has 0 bridgehead atoms. The standard InChI is InChI=1S/2C4H8O4/c2*5-1-3(7)4(8)2-6/h2*3,5-7H,1-2H2/t3-;/m1./s1. The summed E-state index contributed by atoms with van der Waals surface area (Å²) in [7, 11) is 0. The number of hydrogen-bond donors (Lipinski definition) is 6. The van der Waals surface area contributed by atoms with Crippen molar-refractivity contribution >= 4 is 11.6 Å². The van der Waals surface area contributed by atoms with E-state index in [1.54, 1.807) is 0 Å². The molecule has 0 aromatic heterocycles. The maximum absolute atomic E-state index is 10.1. The third-order valence-corrected chi connectivity index (χ3v) is 1.40. The summed E-state index contributed by atoms with van der Waals surface area (Å²) >= 11 is 0. The molecule has 0 aromatic carbocycles. The zero-order chi connectivity index (χ0) is 13.1. The van der Waals surface area contributed by atoms with Gasteiger partial charge in [0, 0.05) is 0 Å². The Labute approximate surface area is 91.4 Å². The molecule has 16 heavy (non-hydrogen) atoms. The Kier molecular flexibility index (Phi) is 11.6. The minimum absolute atomic E-state index is 0.626. The number of aliphatic hydroxyl groups is 6. The second-order valence-electron chi connectivity index (χ2n) is 2.65. The monoisotopic (exact) mass is 240 g/mol. The lowest BCUT2D eigenvalue weighted by molar-refractivity contribution is -0.132. The second-order valence-corrected chi connectivity index (χ2v) is 2.65. The van der Waals surface area contributed by atoms with E-state index in [0.717, 1.165) is 0 Å². The summed E-state index contributed by atoms with van der Waals surface area (Å²) in [5, 5.41) is 48.9. The van der Waals surface area contributed by atoms with E-state index < -0.39 is 50.2 Å². The fourth-order valence-electron chi connectivity index (χ4n) is 0.414. The van der Waals surface area contributed by atoms with Gasteiger partial charge in [-0.2, -0.15) is 0 Å². The van der Waals surface area contributed by atoms with E-state index in [1.165, 1.54) is 0 Å². The molecule has 0 saturated heterocycles. The Morgan fingerprint density at radius 1 is 0.750 bits per heavy atom. The molecule has 0 aliphatic carbocycles. The highest BCUT2D eigenvalue weighted by atomic mass is 16.3. The fraction of sp³-hybridized carbons (Fsp3) is 0.750. The minimum atomic E-state index is -1.42. The van der Waals surface area contributed by atoms with Crippen LogP contribution in [0.4, 0.5) is 0 Å². The van der Waals surface area contributed by atoms with Gasteiger partial charge in [0.05, 0.1) is 13.2 Å². The van der Waals surface area contributed by atoms with Crippen LogP contribution in [0.25, 0.3) is 0 Å². The van der Waals surface area contributed by atoms with E-state index in [-0.39, 0.29) is 0 Å². The Morgan fingerprint density at radius 2 is 1.00 bits per heavy atom. The van der Waals surface area contributed by atoms with E-state index in [0.29, 0.717) is 0 Å². The van der Waals surface area contributed by atoms with E-state index in [2.05, 4.69) is 0 Å². The molecule has 0 saturated carbocycles. The van der Waals surface area contributed by atoms with E-state index in [9.17, 15) is 9.59 Å². The quantitative estimate of drug-likeness (QED) is 0.273. The first-order valence-electron chi connectivity index (χ1n) is 4.29. The molecule has 2 atom stereocenters. The van der Waals surface area contributed by atoms with Crippen LogP contribution in [-0.2, 0) is 9.59 Å². The van der Waals surface area contributed by atoms with Gasteiger partial charge < -0.3 is 30.6 Å². The molecular weight excluding hydrogens is 224 g/mol. The van der Waals surface area contributed by atoms with Crippen molar-refractivity contribution in [1.29, 1.82) is 0 Å². The summed E-state index contributed by atoms with van der Waals surface area (Å²) in [6.07, 6.45) is -2.83. The molecule has 0 aliphatic rings. The number of ketones is 2. The number of carbonyl (C=O) groups is 2. The smallest absolute Gasteiger partial charge is 0.188 e. The summed E-state index contributed by atoms with van der Waals surface area (Å²) in [4.78, 5) is 20.2. The van der Waals surface area contributed by atoms with Gasteiger partial charge >= 0.3 is 0 Å². The third kappa shape index (κ3) is 8.41. The number of hydrogen-bond acceptors (Lipinski definition) is 8. The summed E-state index contributed by atoms with van der Waals surface area (Å²) in [6, 6.07) is 0. The minimum Gasteiger partial charge on any atom is -0.393 e. The molecule has 0 heterocycles. The highest BCUT2D eigenvalue weighted by molar-refractivity contribution is 5.84. The van der Waals surface area contributed by atoms with E-state index in [4.69, 9.17) is 30.6 Å². The summed E-state index contributed by atoms with van der Waals surface area (Å²) in [5.74, 6) is -1.51. The van der Waals surface area contributed by atoms with Crippen LogP contribution < -0.4 is 0 Å². The lowest BCUT2D eigenvalue weighted by Crippen LogP contribution is -2.26. The number of carbonyl (C=O) groups excluding carboxylic acids is 2. The SMILES string of the molecule is O=C(CO)C(O)CO.O=C(CO)[C@H](O)CO. The topological polar surface area (TPSA) is 156 Å². The first kappa shape index (κ1) is 17.5. The van der Waals surface area contributed by atoms with Crippen LogP contribution in [0.5, 0.6) is 0 Å². The highest BCUT2D eigenvalue weighted by Crippen LogP contribution is 1.81. The van der Waals surface area contributed by atoms with Crippen molar-refractivity contribution in [3.05, 3.63) is 0 Å². The highest BCUT2D eigenvalue weighted by Gasteiger charge is 2.10. The number of rotatable bonds is 6. The van der Waals surface area contributed by atoms with Gasteiger partial charge in [0.15, 0.2) is 11.6 Å². The Balaban J connectivity index is 0. The predicted molar refractivity (Wildman–Crippen MR) is 50.4 cm³/mol. The predicted octanol–water partition coefficient (Wildman–Crippen LogP) is -4.20.